The maximum Gasteiger partial charge on any atom is 0.250 e. The molecule has 0 bridgehead atoms. The number of piperidine rings is 1. The number of H-pyrrole nitrogens is 1. The Labute approximate surface area is 146 Å². The molecule has 5 nitrogen and oxygen atoms in total. The highest BCUT2D eigenvalue weighted by Gasteiger charge is 2.17. The monoisotopic (exact) mass is 334 g/mol. The van der Waals surface area contributed by atoms with Gasteiger partial charge in [0, 0.05) is 29.4 Å². The summed E-state index contributed by atoms with van der Waals surface area (Å²) in [4.78, 5) is 15.2. The van der Waals surface area contributed by atoms with E-state index < -0.39 is 5.91 Å². The van der Waals surface area contributed by atoms with Crippen LogP contribution in [0.15, 0.2) is 48.5 Å². The molecule has 1 atom stereocenters. The molecule has 1 aliphatic rings. The molecule has 25 heavy (non-hydrogen) atoms. The first-order valence-electron chi connectivity index (χ1n) is 8.70. The van der Waals surface area contributed by atoms with Crippen LogP contribution in [0, 0.1) is 0 Å². The molecule has 1 unspecified atom stereocenters. The number of aromatic amines is 1. The number of carbonyl (C=O) groups excluding carboxylic acids is 1. The second-order valence-electron chi connectivity index (χ2n) is 6.55. The molecule has 4 rings (SSSR count). The highest BCUT2D eigenvalue weighted by Crippen LogP contribution is 2.32. The summed E-state index contributed by atoms with van der Waals surface area (Å²) in [6.45, 7) is 2.03. The summed E-state index contributed by atoms with van der Waals surface area (Å²) in [6, 6.07) is 16.3. The van der Waals surface area contributed by atoms with Crippen LogP contribution in [-0.4, -0.2) is 30.0 Å². The third-order valence-corrected chi connectivity index (χ3v) is 4.80. The topological polar surface area (TPSA) is 82.9 Å². The molecular weight excluding hydrogens is 312 g/mol. The summed E-state index contributed by atoms with van der Waals surface area (Å²) in [5, 5.41) is 8.04. The minimum Gasteiger partial charge on any atom is -0.380 e. The van der Waals surface area contributed by atoms with Gasteiger partial charge in [-0.25, -0.2) is 0 Å². The van der Waals surface area contributed by atoms with Gasteiger partial charge in [-0.3, -0.25) is 4.79 Å². The number of rotatable bonds is 4. The van der Waals surface area contributed by atoms with E-state index in [1.54, 1.807) is 6.07 Å². The number of hydrogen-bond donors (Lipinski definition) is 4. The van der Waals surface area contributed by atoms with E-state index in [4.69, 9.17) is 5.73 Å². The van der Waals surface area contributed by atoms with E-state index in [1.807, 2.05) is 36.4 Å². The van der Waals surface area contributed by atoms with Crippen molar-refractivity contribution in [1.82, 2.24) is 10.3 Å². The number of aromatic nitrogens is 1. The first-order chi connectivity index (χ1) is 12.2. The van der Waals surface area contributed by atoms with Gasteiger partial charge < -0.3 is 21.4 Å². The van der Waals surface area contributed by atoms with Gasteiger partial charge in [-0.05, 0) is 43.1 Å². The van der Waals surface area contributed by atoms with Crippen LogP contribution in [0.1, 0.15) is 23.2 Å². The zero-order valence-corrected chi connectivity index (χ0v) is 14.0. The Kier molecular flexibility index (Phi) is 4.15. The number of hydrogen-bond acceptors (Lipinski definition) is 3. The van der Waals surface area contributed by atoms with Crippen LogP contribution in [0.4, 0.5) is 5.69 Å². The number of nitrogens with one attached hydrogen (secondary N) is 3. The summed E-state index contributed by atoms with van der Waals surface area (Å²) in [5.41, 5.74) is 9.98. The summed E-state index contributed by atoms with van der Waals surface area (Å²) >= 11 is 0. The standard InChI is InChI=1S/C20H22N4O/c21-20(25)15-8-9-17(23-14-7-4-10-22-12-14)16-11-18(24-19(15)16)13-5-2-1-3-6-13/h1-3,5-6,8-9,11,14,22-24H,4,7,10,12H2,(H2,21,25). The van der Waals surface area contributed by atoms with Gasteiger partial charge in [-0.1, -0.05) is 30.3 Å². The normalized spacial score (nSPS) is 17.5. The summed E-state index contributed by atoms with van der Waals surface area (Å²) < 4.78 is 0. The summed E-state index contributed by atoms with van der Waals surface area (Å²) in [5.74, 6) is -0.419. The lowest BCUT2D eigenvalue weighted by Crippen LogP contribution is -2.38. The number of benzene rings is 2. The molecule has 3 aromatic rings. The number of carbonyl (C=O) groups is 1. The van der Waals surface area contributed by atoms with Gasteiger partial charge in [0.25, 0.3) is 5.91 Å². The van der Waals surface area contributed by atoms with Gasteiger partial charge >= 0.3 is 0 Å². The predicted molar refractivity (Wildman–Crippen MR) is 102 cm³/mol. The van der Waals surface area contributed by atoms with Gasteiger partial charge in [0.05, 0.1) is 11.1 Å². The maximum absolute atomic E-state index is 11.8. The molecule has 1 saturated heterocycles. The van der Waals surface area contributed by atoms with Crippen LogP contribution in [0.5, 0.6) is 0 Å². The van der Waals surface area contributed by atoms with Crippen molar-refractivity contribution >= 4 is 22.5 Å². The molecule has 2 aromatic carbocycles. The smallest absolute Gasteiger partial charge is 0.250 e. The fourth-order valence-electron chi connectivity index (χ4n) is 3.52. The maximum atomic E-state index is 11.8. The molecule has 128 valence electrons. The van der Waals surface area contributed by atoms with Crippen molar-refractivity contribution in [3.05, 3.63) is 54.1 Å². The number of anilines is 1. The van der Waals surface area contributed by atoms with Gasteiger partial charge in [0.15, 0.2) is 0 Å². The Morgan fingerprint density at radius 2 is 2.00 bits per heavy atom. The van der Waals surface area contributed by atoms with Crippen LogP contribution < -0.4 is 16.4 Å². The van der Waals surface area contributed by atoms with E-state index in [9.17, 15) is 4.79 Å². The van der Waals surface area contributed by atoms with Crippen molar-refractivity contribution in [2.24, 2.45) is 5.73 Å². The molecule has 1 amide bonds. The van der Waals surface area contributed by atoms with Crippen molar-refractivity contribution in [1.29, 1.82) is 0 Å². The molecule has 1 aromatic heterocycles. The number of nitrogens with two attached hydrogens (primary N) is 1. The van der Waals surface area contributed by atoms with Crippen LogP contribution in [0.2, 0.25) is 0 Å². The quantitative estimate of drug-likeness (QED) is 0.592. The molecule has 5 N–H and O–H groups in total. The Balaban J connectivity index is 1.79. The van der Waals surface area contributed by atoms with Crippen molar-refractivity contribution in [3.8, 4) is 11.3 Å². The van der Waals surface area contributed by atoms with E-state index in [0.717, 1.165) is 47.4 Å². The van der Waals surface area contributed by atoms with Crippen molar-refractivity contribution in [2.75, 3.05) is 18.4 Å². The average Bonchev–Trinajstić information content (AvgIpc) is 3.09. The van der Waals surface area contributed by atoms with E-state index in [0.29, 0.717) is 11.6 Å². The molecule has 0 radical (unpaired) electrons. The SMILES string of the molecule is NC(=O)c1ccc(NC2CCCNC2)c2cc(-c3ccccc3)[nH]c12. The minimum absolute atomic E-state index is 0.395. The van der Waals surface area contributed by atoms with Crippen LogP contribution in [0.25, 0.3) is 22.2 Å². The highest BCUT2D eigenvalue weighted by molar-refractivity contribution is 6.09. The minimum atomic E-state index is -0.419. The zero-order chi connectivity index (χ0) is 17.2. The molecule has 1 aliphatic heterocycles. The van der Waals surface area contributed by atoms with Crippen molar-refractivity contribution in [2.45, 2.75) is 18.9 Å². The Morgan fingerprint density at radius 3 is 2.72 bits per heavy atom. The van der Waals surface area contributed by atoms with E-state index in [-0.39, 0.29) is 0 Å². The highest BCUT2D eigenvalue weighted by atomic mass is 16.1. The molecule has 0 saturated carbocycles. The van der Waals surface area contributed by atoms with Gasteiger partial charge in [0.1, 0.15) is 0 Å². The fraction of sp³-hybridized carbons (Fsp3) is 0.250. The van der Waals surface area contributed by atoms with Crippen molar-refractivity contribution < 1.29 is 4.79 Å². The first-order valence-corrected chi connectivity index (χ1v) is 8.70. The van der Waals surface area contributed by atoms with Crippen molar-refractivity contribution in [3.63, 3.8) is 0 Å². The van der Waals surface area contributed by atoms with Gasteiger partial charge in [-0.15, -0.1) is 0 Å². The summed E-state index contributed by atoms with van der Waals surface area (Å²) in [6.07, 6.45) is 2.31. The number of fused-ring (bicyclic) bond motifs is 1. The molecular formula is C20H22N4O. The average molecular weight is 334 g/mol. The van der Waals surface area contributed by atoms with Gasteiger partial charge in [-0.2, -0.15) is 0 Å². The third kappa shape index (κ3) is 3.10. The van der Waals surface area contributed by atoms with Crippen LogP contribution in [0.3, 0.4) is 0 Å². The second-order valence-corrected chi connectivity index (χ2v) is 6.55. The van der Waals surface area contributed by atoms with E-state index >= 15 is 0 Å². The van der Waals surface area contributed by atoms with Crippen LogP contribution >= 0.6 is 0 Å². The molecule has 0 aliphatic carbocycles. The number of primary amides is 1. The molecule has 0 spiro atoms. The molecule has 1 fully saturated rings. The Hall–Kier alpha value is -2.79. The van der Waals surface area contributed by atoms with Crippen LogP contribution in [-0.2, 0) is 0 Å². The third-order valence-electron chi connectivity index (χ3n) is 4.80. The molecule has 5 heteroatoms. The number of amides is 1. The lowest BCUT2D eigenvalue weighted by Gasteiger charge is -2.25. The van der Waals surface area contributed by atoms with Gasteiger partial charge in [0.2, 0.25) is 0 Å². The lowest BCUT2D eigenvalue weighted by molar-refractivity contribution is 0.100. The summed E-state index contributed by atoms with van der Waals surface area (Å²) in [7, 11) is 0. The molecule has 2 heterocycles. The van der Waals surface area contributed by atoms with E-state index in [1.165, 1.54) is 6.42 Å². The first kappa shape index (κ1) is 15.7. The largest absolute Gasteiger partial charge is 0.380 e. The second kappa shape index (κ2) is 6.61. The fourth-order valence-corrected chi connectivity index (χ4v) is 3.52. The zero-order valence-electron chi connectivity index (χ0n) is 14.0. The lowest BCUT2D eigenvalue weighted by atomic mass is 10.0. The Bertz CT molecular complexity index is 895. The predicted octanol–water partition coefficient (Wildman–Crippen LogP) is 3.10. The Morgan fingerprint density at radius 1 is 1.16 bits per heavy atom. The van der Waals surface area contributed by atoms with E-state index in [2.05, 4.69) is 21.7 Å².